The van der Waals surface area contributed by atoms with E-state index >= 15 is 0 Å². The number of hydrogen-bond acceptors (Lipinski definition) is 2. The molecule has 3 heteroatoms. The fourth-order valence-corrected chi connectivity index (χ4v) is 1.52. The molecule has 80 valence electrons. The molecule has 0 aliphatic heterocycles. The molecule has 3 nitrogen and oxygen atoms in total. The molecular weight excluding hydrogens is 174 g/mol. The van der Waals surface area contributed by atoms with E-state index in [1.54, 1.807) is 0 Å². The third-order valence-corrected chi connectivity index (χ3v) is 2.53. The topological polar surface area (TPSA) is 29.9 Å². The van der Waals surface area contributed by atoms with Gasteiger partial charge in [0.2, 0.25) is 0 Å². The maximum absolute atomic E-state index is 4.33. The lowest BCUT2D eigenvalue weighted by molar-refractivity contribution is 0.480. The first-order chi connectivity index (χ1) is 6.77. The average molecular weight is 195 g/mol. The number of rotatable bonds is 6. The average Bonchev–Trinajstić information content (AvgIpc) is 2.59. The van der Waals surface area contributed by atoms with E-state index in [2.05, 4.69) is 35.8 Å². The van der Waals surface area contributed by atoms with E-state index in [1.165, 1.54) is 12.2 Å². The lowest BCUT2D eigenvalue weighted by atomic mass is 10.1. The maximum atomic E-state index is 4.33. The summed E-state index contributed by atoms with van der Waals surface area (Å²) in [4.78, 5) is 4.33. The van der Waals surface area contributed by atoms with Crippen molar-refractivity contribution in [2.24, 2.45) is 7.05 Å². The van der Waals surface area contributed by atoms with Gasteiger partial charge in [-0.2, -0.15) is 0 Å². The Bertz CT molecular complexity index is 255. The fraction of sp³-hybridized carbons (Fsp3) is 0.727. The van der Waals surface area contributed by atoms with Crippen molar-refractivity contribution >= 4 is 0 Å². The van der Waals surface area contributed by atoms with Crippen molar-refractivity contribution in [1.29, 1.82) is 0 Å². The predicted molar refractivity (Wildman–Crippen MR) is 59.3 cm³/mol. The monoisotopic (exact) mass is 195 g/mol. The van der Waals surface area contributed by atoms with Crippen LogP contribution in [0.2, 0.25) is 0 Å². The number of aryl methyl sites for hydroxylation is 1. The van der Waals surface area contributed by atoms with E-state index in [0.29, 0.717) is 6.04 Å². The van der Waals surface area contributed by atoms with Gasteiger partial charge < -0.3 is 9.88 Å². The molecule has 1 atom stereocenters. The van der Waals surface area contributed by atoms with Gasteiger partial charge in [-0.3, -0.25) is 0 Å². The molecule has 1 aromatic rings. The molecule has 0 radical (unpaired) electrons. The molecule has 0 aromatic carbocycles. The highest BCUT2D eigenvalue weighted by Gasteiger charge is 2.08. The molecule has 0 spiro atoms. The summed E-state index contributed by atoms with van der Waals surface area (Å²) in [6.45, 7) is 5.51. The molecular formula is C11H21N3. The van der Waals surface area contributed by atoms with Gasteiger partial charge in [0.15, 0.2) is 0 Å². The molecule has 1 N–H and O–H groups in total. The Hall–Kier alpha value is -0.830. The third-order valence-electron chi connectivity index (χ3n) is 2.53. The SMILES string of the molecule is CCCNC(CC)Cc1nccn1C. The molecule has 1 rings (SSSR count). The van der Waals surface area contributed by atoms with Crippen LogP contribution in [0.25, 0.3) is 0 Å². The summed E-state index contributed by atoms with van der Waals surface area (Å²) in [7, 11) is 2.05. The molecule has 0 aliphatic carbocycles. The van der Waals surface area contributed by atoms with Gasteiger partial charge in [-0.1, -0.05) is 13.8 Å². The molecule has 0 amide bonds. The zero-order valence-corrected chi connectivity index (χ0v) is 9.45. The quantitative estimate of drug-likeness (QED) is 0.749. The maximum Gasteiger partial charge on any atom is 0.109 e. The highest BCUT2D eigenvalue weighted by molar-refractivity contribution is 4.94. The lowest BCUT2D eigenvalue weighted by Gasteiger charge is -2.15. The third kappa shape index (κ3) is 3.14. The molecule has 14 heavy (non-hydrogen) atoms. The summed E-state index contributed by atoms with van der Waals surface area (Å²) < 4.78 is 2.09. The van der Waals surface area contributed by atoms with Crippen LogP contribution in [-0.2, 0) is 13.5 Å². The van der Waals surface area contributed by atoms with E-state index in [9.17, 15) is 0 Å². The predicted octanol–water partition coefficient (Wildman–Crippen LogP) is 1.74. The van der Waals surface area contributed by atoms with Gasteiger partial charge in [0.25, 0.3) is 0 Å². The zero-order valence-electron chi connectivity index (χ0n) is 9.45. The molecule has 0 saturated heterocycles. The van der Waals surface area contributed by atoms with Crippen LogP contribution < -0.4 is 5.32 Å². The zero-order chi connectivity index (χ0) is 10.4. The summed E-state index contributed by atoms with van der Waals surface area (Å²) in [5.41, 5.74) is 0. The Morgan fingerprint density at radius 2 is 2.29 bits per heavy atom. The van der Waals surface area contributed by atoms with Gasteiger partial charge >= 0.3 is 0 Å². The van der Waals surface area contributed by atoms with E-state index in [0.717, 1.165) is 19.4 Å². The Morgan fingerprint density at radius 3 is 2.79 bits per heavy atom. The number of nitrogens with zero attached hydrogens (tertiary/aromatic N) is 2. The Labute approximate surface area is 86.5 Å². The summed E-state index contributed by atoms with van der Waals surface area (Å²) in [5, 5.41) is 3.53. The van der Waals surface area contributed by atoms with Crippen LogP contribution in [0, 0.1) is 0 Å². The highest BCUT2D eigenvalue weighted by Crippen LogP contribution is 2.02. The number of hydrogen-bond donors (Lipinski definition) is 1. The smallest absolute Gasteiger partial charge is 0.109 e. The van der Waals surface area contributed by atoms with Crippen LogP contribution >= 0.6 is 0 Å². The second kappa shape index (κ2) is 5.81. The first-order valence-corrected chi connectivity index (χ1v) is 5.47. The van der Waals surface area contributed by atoms with Crippen LogP contribution in [0.3, 0.4) is 0 Å². The molecule has 0 fully saturated rings. The van der Waals surface area contributed by atoms with Crippen molar-refractivity contribution in [1.82, 2.24) is 14.9 Å². The lowest BCUT2D eigenvalue weighted by Crippen LogP contribution is -2.31. The molecule has 0 saturated carbocycles. The molecule has 1 unspecified atom stereocenters. The van der Waals surface area contributed by atoms with Crippen molar-refractivity contribution in [3.05, 3.63) is 18.2 Å². The minimum Gasteiger partial charge on any atom is -0.338 e. The van der Waals surface area contributed by atoms with Crippen molar-refractivity contribution in [3.63, 3.8) is 0 Å². The Kier molecular flexibility index (Phi) is 4.66. The Balaban J connectivity index is 2.44. The van der Waals surface area contributed by atoms with Crippen molar-refractivity contribution < 1.29 is 0 Å². The molecule has 0 aliphatic rings. The summed E-state index contributed by atoms with van der Waals surface area (Å²) >= 11 is 0. The largest absolute Gasteiger partial charge is 0.338 e. The summed E-state index contributed by atoms with van der Waals surface area (Å²) in [6.07, 6.45) is 7.24. The highest BCUT2D eigenvalue weighted by atomic mass is 15.0. The first-order valence-electron chi connectivity index (χ1n) is 5.47. The molecule has 1 aromatic heterocycles. The van der Waals surface area contributed by atoms with Crippen LogP contribution in [0.1, 0.15) is 32.5 Å². The van der Waals surface area contributed by atoms with Gasteiger partial charge in [0, 0.05) is 31.9 Å². The number of nitrogens with one attached hydrogen (secondary N) is 1. The summed E-state index contributed by atoms with van der Waals surface area (Å²) in [5.74, 6) is 1.17. The minimum atomic E-state index is 0.566. The normalized spacial score (nSPS) is 13.1. The van der Waals surface area contributed by atoms with Crippen LogP contribution in [-0.4, -0.2) is 22.1 Å². The van der Waals surface area contributed by atoms with Gasteiger partial charge in [0.1, 0.15) is 5.82 Å². The minimum absolute atomic E-state index is 0.566. The van der Waals surface area contributed by atoms with Crippen LogP contribution in [0.4, 0.5) is 0 Å². The second-order valence-corrected chi connectivity index (χ2v) is 3.72. The molecule has 1 heterocycles. The van der Waals surface area contributed by atoms with Crippen molar-refractivity contribution in [3.8, 4) is 0 Å². The van der Waals surface area contributed by atoms with E-state index in [4.69, 9.17) is 0 Å². The van der Waals surface area contributed by atoms with Gasteiger partial charge in [-0.05, 0) is 19.4 Å². The van der Waals surface area contributed by atoms with Gasteiger partial charge in [-0.25, -0.2) is 4.98 Å². The number of imidazole rings is 1. The first kappa shape index (κ1) is 11.2. The summed E-state index contributed by atoms with van der Waals surface area (Å²) in [6, 6.07) is 0.566. The number of aromatic nitrogens is 2. The van der Waals surface area contributed by atoms with E-state index in [-0.39, 0.29) is 0 Å². The van der Waals surface area contributed by atoms with Gasteiger partial charge in [-0.15, -0.1) is 0 Å². The second-order valence-electron chi connectivity index (χ2n) is 3.72. The standard InChI is InChI=1S/C11H21N3/c1-4-6-12-10(5-2)9-11-13-7-8-14(11)3/h7-8,10,12H,4-6,9H2,1-3H3. The van der Waals surface area contributed by atoms with Crippen molar-refractivity contribution in [2.45, 2.75) is 39.2 Å². The van der Waals surface area contributed by atoms with Crippen LogP contribution in [0.15, 0.2) is 12.4 Å². The van der Waals surface area contributed by atoms with Gasteiger partial charge in [0.05, 0.1) is 0 Å². The van der Waals surface area contributed by atoms with Crippen LogP contribution in [0.5, 0.6) is 0 Å². The molecule has 0 bridgehead atoms. The Morgan fingerprint density at radius 1 is 1.50 bits per heavy atom. The van der Waals surface area contributed by atoms with E-state index in [1.807, 2.05) is 12.4 Å². The van der Waals surface area contributed by atoms with Crippen molar-refractivity contribution in [2.75, 3.05) is 6.54 Å². The fourth-order valence-electron chi connectivity index (χ4n) is 1.52. The van der Waals surface area contributed by atoms with E-state index < -0.39 is 0 Å².